The molecule has 0 aliphatic carbocycles. The highest BCUT2D eigenvalue weighted by molar-refractivity contribution is 5.94. The van der Waals surface area contributed by atoms with Crippen molar-refractivity contribution in [3.63, 3.8) is 0 Å². The third-order valence-corrected chi connectivity index (χ3v) is 5.86. The van der Waals surface area contributed by atoms with Crippen LogP contribution in [-0.4, -0.2) is 48.9 Å². The van der Waals surface area contributed by atoms with Gasteiger partial charge in [0.2, 0.25) is 5.91 Å². The van der Waals surface area contributed by atoms with Crippen molar-refractivity contribution >= 4 is 24.2 Å². The van der Waals surface area contributed by atoms with Crippen LogP contribution >= 0.6 is 12.4 Å². The molecular weight excluding hydrogens is 362 g/mol. The van der Waals surface area contributed by atoms with Crippen LogP contribution < -0.4 is 10.6 Å². The van der Waals surface area contributed by atoms with Crippen LogP contribution in [0.3, 0.4) is 0 Å². The highest BCUT2D eigenvalue weighted by atomic mass is 35.5. The molecule has 0 aromatic heterocycles. The molecule has 2 heterocycles. The Morgan fingerprint density at radius 2 is 1.74 bits per heavy atom. The standard InChI is InChI=1S/C21H31N3O2.ClH/c1-16(17-7-11-22-12-8-17)15-20(25)23-19-9-13-24(14-10-19)21(26)18-5-3-2-4-6-18;/h2-6,16-17,19,22H,7-15H2,1H3,(H,23,25);1H. The summed E-state index contributed by atoms with van der Waals surface area (Å²) in [5, 5.41) is 6.58. The van der Waals surface area contributed by atoms with Gasteiger partial charge in [0, 0.05) is 31.1 Å². The molecule has 1 aromatic carbocycles. The van der Waals surface area contributed by atoms with E-state index < -0.39 is 0 Å². The van der Waals surface area contributed by atoms with Crippen LogP contribution in [0.5, 0.6) is 0 Å². The molecule has 3 rings (SSSR count). The second kappa shape index (κ2) is 10.7. The van der Waals surface area contributed by atoms with Crippen LogP contribution in [0.25, 0.3) is 0 Å². The lowest BCUT2D eigenvalue weighted by Gasteiger charge is -2.33. The molecule has 0 bridgehead atoms. The number of hydrogen-bond acceptors (Lipinski definition) is 3. The summed E-state index contributed by atoms with van der Waals surface area (Å²) >= 11 is 0. The zero-order chi connectivity index (χ0) is 18.4. The zero-order valence-corrected chi connectivity index (χ0v) is 17.0. The van der Waals surface area contributed by atoms with E-state index in [-0.39, 0.29) is 30.3 Å². The van der Waals surface area contributed by atoms with Crippen molar-refractivity contribution in [3.05, 3.63) is 35.9 Å². The van der Waals surface area contributed by atoms with Gasteiger partial charge in [0.05, 0.1) is 0 Å². The Morgan fingerprint density at radius 1 is 1.11 bits per heavy atom. The molecular formula is C21H32ClN3O2. The predicted octanol–water partition coefficient (Wildman–Crippen LogP) is 2.86. The number of nitrogens with zero attached hydrogens (tertiary/aromatic N) is 1. The van der Waals surface area contributed by atoms with Crippen LogP contribution in [0.15, 0.2) is 30.3 Å². The number of carbonyl (C=O) groups is 2. The first-order valence-electron chi connectivity index (χ1n) is 9.98. The molecule has 0 saturated carbocycles. The fraction of sp³-hybridized carbons (Fsp3) is 0.619. The highest BCUT2D eigenvalue weighted by Gasteiger charge is 2.26. The number of halogens is 1. The maximum atomic E-state index is 12.5. The Morgan fingerprint density at radius 3 is 2.37 bits per heavy atom. The van der Waals surface area contributed by atoms with Gasteiger partial charge >= 0.3 is 0 Å². The molecule has 150 valence electrons. The summed E-state index contributed by atoms with van der Waals surface area (Å²) < 4.78 is 0. The van der Waals surface area contributed by atoms with Gasteiger partial charge < -0.3 is 15.5 Å². The summed E-state index contributed by atoms with van der Waals surface area (Å²) in [7, 11) is 0. The molecule has 0 spiro atoms. The lowest BCUT2D eigenvalue weighted by molar-refractivity contribution is -0.123. The Kier molecular flexibility index (Phi) is 8.58. The Labute approximate surface area is 168 Å². The van der Waals surface area contributed by atoms with Crippen molar-refractivity contribution < 1.29 is 9.59 Å². The Bertz CT molecular complexity index is 597. The molecule has 2 fully saturated rings. The smallest absolute Gasteiger partial charge is 0.253 e. The number of likely N-dealkylation sites (tertiary alicyclic amines) is 1. The molecule has 6 heteroatoms. The second-order valence-corrected chi connectivity index (χ2v) is 7.77. The van der Waals surface area contributed by atoms with Gasteiger partial charge in [-0.05, 0) is 62.7 Å². The number of nitrogens with one attached hydrogen (secondary N) is 2. The molecule has 2 aliphatic rings. The van der Waals surface area contributed by atoms with Crippen LogP contribution in [0.2, 0.25) is 0 Å². The van der Waals surface area contributed by atoms with Crippen LogP contribution in [-0.2, 0) is 4.79 Å². The lowest BCUT2D eigenvalue weighted by atomic mass is 9.84. The fourth-order valence-corrected chi connectivity index (χ4v) is 4.15. The number of piperidine rings is 2. The van der Waals surface area contributed by atoms with Crippen molar-refractivity contribution in [2.45, 2.75) is 45.1 Å². The summed E-state index contributed by atoms with van der Waals surface area (Å²) in [5.41, 5.74) is 0.741. The normalized spacial score (nSPS) is 19.8. The molecule has 0 radical (unpaired) electrons. The van der Waals surface area contributed by atoms with Crippen LogP contribution in [0.1, 0.15) is 49.4 Å². The molecule has 2 saturated heterocycles. The van der Waals surface area contributed by atoms with E-state index in [1.54, 1.807) is 0 Å². The van der Waals surface area contributed by atoms with Crippen LogP contribution in [0.4, 0.5) is 0 Å². The largest absolute Gasteiger partial charge is 0.353 e. The minimum atomic E-state index is 0. The van der Waals surface area contributed by atoms with Crippen molar-refractivity contribution in [3.8, 4) is 0 Å². The van der Waals surface area contributed by atoms with E-state index in [0.29, 0.717) is 31.3 Å². The quantitative estimate of drug-likeness (QED) is 0.808. The molecule has 5 nitrogen and oxygen atoms in total. The van der Waals surface area contributed by atoms with Gasteiger partial charge in [0.15, 0.2) is 0 Å². The van der Waals surface area contributed by atoms with Gasteiger partial charge in [-0.1, -0.05) is 25.1 Å². The first-order chi connectivity index (χ1) is 12.6. The Hall–Kier alpha value is -1.59. The van der Waals surface area contributed by atoms with Gasteiger partial charge in [-0.3, -0.25) is 9.59 Å². The van der Waals surface area contributed by atoms with Crippen molar-refractivity contribution in [2.75, 3.05) is 26.2 Å². The van der Waals surface area contributed by atoms with E-state index in [4.69, 9.17) is 0 Å². The first kappa shape index (κ1) is 21.7. The summed E-state index contributed by atoms with van der Waals surface area (Å²) in [6.45, 7) is 5.77. The minimum Gasteiger partial charge on any atom is -0.353 e. The molecule has 2 amide bonds. The molecule has 1 aromatic rings. The summed E-state index contributed by atoms with van der Waals surface area (Å²) in [6, 6.07) is 9.62. The molecule has 1 atom stereocenters. The maximum Gasteiger partial charge on any atom is 0.253 e. The lowest BCUT2D eigenvalue weighted by Crippen LogP contribution is -2.47. The summed E-state index contributed by atoms with van der Waals surface area (Å²) in [5.74, 6) is 1.36. The van der Waals surface area contributed by atoms with E-state index in [0.717, 1.165) is 31.5 Å². The van der Waals surface area contributed by atoms with Crippen LogP contribution in [0, 0.1) is 11.8 Å². The molecule has 2 N–H and O–H groups in total. The second-order valence-electron chi connectivity index (χ2n) is 7.77. The van der Waals surface area contributed by atoms with Gasteiger partial charge in [0.1, 0.15) is 0 Å². The number of benzene rings is 1. The molecule has 2 aliphatic heterocycles. The third-order valence-electron chi connectivity index (χ3n) is 5.86. The van der Waals surface area contributed by atoms with Gasteiger partial charge in [-0.25, -0.2) is 0 Å². The third kappa shape index (κ3) is 6.22. The monoisotopic (exact) mass is 393 g/mol. The first-order valence-corrected chi connectivity index (χ1v) is 9.98. The number of amides is 2. The fourth-order valence-electron chi connectivity index (χ4n) is 4.15. The summed E-state index contributed by atoms with van der Waals surface area (Å²) in [6.07, 6.45) is 4.65. The van der Waals surface area contributed by atoms with E-state index in [1.807, 2.05) is 35.2 Å². The van der Waals surface area contributed by atoms with Crippen molar-refractivity contribution in [1.82, 2.24) is 15.5 Å². The van der Waals surface area contributed by atoms with Crippen molar-refractivity contribution in [1.29, 1.82) is 0 Å². The average Bonchev–Trinajstić information content (AvgIpc) is 2.69. The van der Waals surface area contributed by atoms with Crippen molar-refractivity contribution in [2.24, 2.45) is 11.8 Å². The van der Waals surface area contributed by atoms with Gasteiger partial charge in [0.25, 0.3) is 5.91 Å². The maximum absolute atomic E-state index is 12.5. The number of rotatable bonds is 5. The highest BCUT2D eigenvalue weighted by Crippen LogP contribution is 2.24. The van der Waals surface area contributed by atoms with E-state index in [2.05, 4.69) is 17.6 Å². The average molecular weight is 394 g/mol. The minimum absolute atomic E-state index is 0. The molecule has 27 heavy (non-hydrogen) atoms. The Balaban J connectivity index is 0.00000261. The number of hydrogen-bond donors (Lipinski definition) is 2. The number of carbonyl (C=O) groups excluding carboxylic acids is 2. The summed E-state index contributed by atoms with van der Waals surface area (Å²) in [4.78, 5) is 26.8. The van der Waals surface area contributed by atoms with Gasteiger partial charge in [-0.15, -0.1) is 12.4 Å². The molecule has 1 unspecified atom stereocenters. The topological polar surface area (TPSA) is 61.4 Å². The van der Waals surface area contributed by atoms with Gasteiger partial charge in [-0.2, -0.15) is 0 Å². The van der Waals surface area contributed by atoms with E-state index in [9.17, 15) is 9.59 Å². The zero-order valence-electron chi connectivity index (χ0n) is 16.2. The predicted molar refractivity (Wildman–Crippen MR) is 110 cm³/mol. The van der Waals surface area contributed by atoms with E-state index in [1.165, 1.54) is 12.8 Å². The SMILES string of the molecule is CC(CC(=O)NC1CCN(C(=O)c2ccccc2)CC1)C1CCNCC1.Cl. The van der Waals surface area contributed by atoms with E-state index >= 15 is 0 Å².